The van der Waals surface area contributed by atoms with Gasteiger partial charge in [-0.2, -0.15) is 0 Å². The Morgan fingerprint density at radius 1 is 0.958 bits per heavy atom. The van der Waals surface area contributed by atoms with Crippen molar-refractivity contribution in [2.45, 2.75) is 25.7 Å². The van der Waals surface area contributed by atoms with Crippen LogP contribution in [-0.2, 0) is 17.6 Å². The van der Waals surface area contributed by atoms with E-state index in [9.17, 15) is 9.59 Å². The Bertz CT molecular complexity index is 747. The van der Waals surface area contributed by atoms with Crippen molar-refractivity contribution in [2.75, 3.05) is 0 Å². The maximum Gasteiger partial charge on any atom is 0.205 e. The van der Waals surface area contributed by atoms with Gasteiger partial charge in [-0.25, -0.2) is 0 Å². The van der Waals surface area contributed by atoms with Crippen molar-refractivity contribution < 1.29 is 9.59 Å². The number of ketones is 2. The van der Waals surface area contributed by atoms with Crippen LogP contribution in [0.15, 0.2) is 66.7 Å². The molecule has 2 aromatic rings. The Hall–Kier alpha value is -2.92. The van der Waals surface area contributed by atoms with Gasteiger partial charge in [-0.1, -0.05) is 60.7 Å². The van der Waals surface area contributed by atoms with Crippen LogP contribution in [0.5, 0.6) is 0 Å². The molecule has 0 aliphatic heterocycles. The summed E-state index contributed by atoms with van der Waals surface area (Å²) in [6.07, 6.45) is 11.3. The number of hydrogen-bond donors (Lipinski definition) is 0. The van der Waals surface area contributed by atoms with E-state index in [1.54, 1.807) is 6.08 Å². The van der Waals surface area contributed by atoms with Gasteiger partial charge in [0.15, 0.2) is 5.78 Å². The quantitative estimate of drug-likeness (QED) is 0.317. The number of rotatable bonds is 8. The smallest absolute Gasteiger partial charge is 0.205 e. The van der Waals surface area contributed by atoms with Crippen molar-refractivity contribution in [1.82, 2.24) is 0 Å². The fourth-order valence-electron chi connectivity index (χ4n) is 2.37. The van der Waals surface area contributed by atoms with Gasteiger partial charge in [0.2, 0.25) is 5.78 Å². The normalized spacial score (nSPS) is 10.5. The number of allylic oxidation sites excluding steroid dienone is 2. The molecule has 0 aliphatic rings. The summed E-state index contributed by atoms with van der Waals surface area (Å²) in [5, 5.41) is 0. The van der Waals surface area contributed by atoms with E-state index in [1.165, 1.54) is 5.56 Å². The molecule has 2 nitrogen and oxygen atoms in total. The molecule has 120 valence electrons. The molecule has 0 N–H and O–H groups in total. The summed E-state index contributed by atoms with van der Waals surface area (Å²) in [7, 11) is 0. The standard InChI is InChI=1S/C22H20O2/c1-2-21(23)12-6-8-18-14-16-19(17-15-18)9-7-13-22(24)20-10-4-3-5-11-20/h1,3-5,7,10-11,13-17H,6,8-9,12H2/b13-7+. The Kier molecular flexibility index (Phi) is 6.73. The Labute approximate surface area is 143 Å². The zero-order valence-corrected chi connectivity index (χ0v) is 13.6. The Balaban J connectivity index is 1.81. The summed E-state index contributed by atoms with van der Waals surface area (Å²) in [4.78, 5) is 23.0. The lowest BCUT2D eigenvalue weighted by Crippen LogP contribution is -1.95. The molecule has 0 amide bonds. The molecular formula is C22H20O2. The molecule has 0 unspecified atom stereocenters. The van der Waals surface area contributed by atoms with Crippen molar-refractivity contribution in [1.29, 1.82) is 0 Å². The minimum atomic E-state index is -0.139. The van der Waals surface area contributed by atoms with Crippen LogP contribution in [-0.4, -0.2) is 11.6 Å². The van der Waals surface area contributed by atoms with Crippen molar-refractivity contribution in [3.05, 3.63) is 83.4 Å². The number of benzene rings is 2. The number of terminal acetylenes is 1. The number of hydrogen-bond acceptors (Lipinski definition) is 2. The van der Waals surface area contributed by atoms with Crippen LogP contribution in [0.3, 0.4) is 0 Å². The molecule has 0 radical (unpaired) electrons. The van der Waals surface area contributed by atoms with Gasteiger partial charge in [0.25, 0.3) is 0 Å². The summed E-state index contributed by atoms with van der Waals surface area (Å²) in [6.45, 7) is 0. The second-order valence-corrected chi connectivity index (χ2v) is 5.57. The van der Waals surface area contributed by atoms with Gasteiger partial charge >= 0.3 is 0 Å². The predicted octanol–water partition coefficient (Wildman–Crippen LogP) is 4.19. The number of carbonyl (C=O) groups excluding carboxylic acids is 2. The second kappa shape index (κ2) is 9.27. The molecule has 0 saturated carbocycles. The van der Waals surface area contributed by atoms with Gasteiger partial charge in [-0.15, -0.1) is 6.42 Å². The first-order chi connectivity index (χ1) is 11.7. The minimum Gasteiger partial charge on any atom is -0.289 e. The van der Waals surface area contributed by atoms with Crippen LogP contribution in [0.1, 0.15) is 34.3 Å². The van der Waals surface area contributed by atoms with Crippen LogP contribution < -0.4 is 0 Å². The molecule has 2 rings (SSSR count). The van der Waals surface area contributed by atoms with E-state index >= 15 is 0 Å². The zero-order valence-electron chi connectivity index (χ0n) is 13.6. The first-order valence-corrected chi connectivity index (χ1v) is 8.02. The monoisotopic (exact) mass is 316 g/mol. The van der Waals surface area contributed by atoms with Gasteiger partial charge in [-0.05, 0) is 42.4 Å². The average Bonchev–Trinajstić information content (AvgIpc) is 2.63. The number of Topliss-reactive ketones (excluding diaryl/α,β-unsaturated/α-hetero) is 1. The maximum absolute atomic E-state index is 12.0. The maximum atomic E-state index is 12.0. The van der Waals surface area contributed by atoms with Crippen molar-refractivity contribution >= 4 is 11.6 Å². The SMILES string of the molecule is C#CC(=O)CCCc1ccc(C/C=C/C(=O)c2ccccc2)cc1. The van der Waals surface area contributed by atoms with Crippen LogP contribution >= 0.6 is 0 Å². The first-order valence-electron chi connectivity index (χ1n) is 8.02. The van der Waals surface area contributed by atoms with Crippen LogP contribution in [0.2, 0.25) is 0 Å². The van der Waals surface area contributed by atoms with Crippen LogP contribution in [0.4, 0.5) is 0 Å². The van der Waals surface area contributed by atoms with Gasteiger partial charge in [0.1, 0.15) is 0 Å². The highest BCUT2D eigenvalue weighted by Gasteiger charge is 2.00. The van der Waals surface area contributed by atoms with E-state index < -0.39 is 0 Å². The highest BCUT2D eigenvalue weighted by atomic mass is 16.1. The molecule has 2 aromatic carbocycles. The molecule has 0 bridgehead atoms. The fraction of sp³-hybridized carbons (Fsp3) is 0.182. The molecule has 0 atom stereocenters. The summed E-state index contributed by atoms with van der Waals surface area (Å²) in [5.41, 5.74) is 3.04. The molecule has 0 heterocycles. The summed E-state index contributed by atoms with van der Waals surface area (Å²) < 4.78 is 0. The van der Waals surface area contributed by atoms with Gasteiger partial charge in [-0.3, -0.25) is 9.59 Å². The lowest BCUT2D eigenvalue weighted by molar-refractivity contribution is -0.113. The second-order valence-electron chi connectivity index (χ2n) is 5.57. The lowest BCUT2D eigenvalue weighted by atomic mass is 10.0. The third-order valence-electron chi connectivity index (χ3n) is 3.73. The van der Waals surface area contributed by atoms with E-state index in [1.807, 2.05) is 36.4 Å². The highest BCUT2D eigenvalue weighted by Crippen LogP contribution is 2.09. The third-order valence-corrected chi connectivity index (χ3v) is 3.73. The van der Waals surface area contributed by atoms with E-state index in [0.717, 1.165) is 18.4 Å². The van der Waals surface area contributed by atoms with Gasteiger partial charge in [0.05, 0.1) is 0 Å². The fourth-order valence-corrected chi connectivity index (χ4v) is 2.37. The van der Waals surface area contributed by atoms with Gasteiger partial charge in [0, 0.05) is 12.0 Å². The molecule has 2 heteroatoms. The molecule has 0 fully saturated rings. The van der Waals surface area contributed by atoms with Crippen LogP contribution in [0.25, 0.3) is 0 Å². The van der Waals surface area contributed by atoms with E-state index in [2.05, 4.69) is 30.2 Å². The predicted molar refractivity (Wildman–Crippen MR) is 96.8 cm³/mol. The molecule has 0 aliphatic carbocycles. The molecule has 0 saturated heterocycles. The highest BCUT2D eigenvalue weighted by molar-refractivity contribution is 6.04. The largest absolute Gasteiger partial charge is 0.289 e. The van der Waals surface area contributed by atoms with E-state index in [4.69, 9.17) is 6.42 Å². The number of carbonyl (C=O) groups is 2. The zero-order chi connectivity index (χ0) is 17.2. The van der Waals surface area contributed by atoms with Gasteiger partial charge < -0.3 is 0 Å². The topological polar surface area (TPSA) is 34.1 Å². The van der Waals surface area contributed by atoms with E-state index in [0.29, 0.717) is 18.4 Å². The first kappa shape index (κ1) is 17.4. The van der Waals surface area contributed by atoms with Crippen molar-refractivity contribution in [3.63, 3.8) is 0 Å². The van der Waals surface area contributed by atoms with E-state index in [-0.39, 0.29) is 11.6 Å². The van der Waals surface area contributed by atoms with Crippen LogP contribution in [0, 0.1) is 12.3 Å². The average molecular weight is 316 g/mol. The third kappa shape index (κ3) is 5.70. The molecular weight excluding hydrogens is 296 g/mol. The molecule has 24 heavy (non-hydrogen) atoms. The van der Waals surface area contributed by atoms with Crippen molar-refractivity contribution in [3.8, 4) is 12.3 Å². The van der Waals surface area contributed by atoms with Crippen molar-refractivity contribution in [2.24, 2.45) is 0 Å². The Morgan fingerprint density at radius 2 is 1.62 bits per heavy atom. The molecule has 0 spiro atoms. The molecule has 0 aromatic heterocycles. The Morgan fingerprint density at radius 3 is 2.29 bits per heavy atom. The lowest BCUT2D eigenvalue weighted by Gasteiger charge is -2.02. The summed E-state index contributed by atoms with van der Waals surface area (Å²) in [6, 6.07) is 17.5. The minimum absolute atomic E-state index is 0.0189. The summed E-state index contributed by atoms with van der Waals surface area (Å²) in [5.74, 6) is 2.01. The summed E-state index contributed by atoms with van der Waals surface area (Å²) >= 11 is 0. The number of aryl methyl sites for hydroxylation is 1.